The molecule has 0 rings (SSSR count). The van der Waals surface area contributed by atoms with E-state index in [1.54, 1.807) is 11.8 Å². The molecule has 1 amide bonds. The molecule has 0 heterocycles. The van der Waals surface area contributed by atoms with Crippen LogP contribution >= 0.6 is 35.7 Å². The summed E-state index contributed by atoms with van der Waals surface area (Å²) in [4.78, 5) is 15.6. The molecule has 0 radical (unpaired) electrons. The molecule has 0 unspecified atom stereocenters. The Hall–Kier alpha value is -0.180. The van der Waals surface area contributed by atoms with E-state index in [0.717, 1.165) is 25.3 Å². The van der Waals surface area contributed by atoms with Crippen LogP contribution in [0.3, 0.4) is 0 Å². The van der Waals surface area contributed by atoms with Crippen molar-refractivity contribution in [3.05, 3.63) is 0 Å². The van der Waals surface area contributed by atoms with E-state index in [-0.39, 0.29) is 36.4 Å². The molecule has 0 bridgehead atoms. The van der Waals surface area contributed by atoms with Gasteiger partial charge in [0.05, 0.1) is 0 Å². The lowest BCUT2D eigenvalue weighted by Crippen LogP contribution is -2.39. The third kappa shape index (κ3) is 12.3. The summed E-state index contributed by atoms with van der Waals surface area (Å²) in [6, 6.07) is 0. The van der Waals surface area contributed by atoms with Crippen molar-refractivity contribution >= 4 is 47.6 Å². The van der Waals surface area contributed by atoms with Gasteiger partial charge in [-0.25, -0.2) is 4.99 Å². The summed E-state index contributed by atoms with van der Waals surface area (Å²) >= 11 is 1.77. The molecular weight excluding hydrogens is 363 g/mol. The highest BCUT2D eigenvalue weighted by atomic mass is 127. The number of carbonyl (C=O) groups excluding carboxylic acids is 1. The molecule has 0 aliphatic heterocycles. The van der Waals surface area contributed by atoms with Gasteiger partial charge in [0.15, 0.2) is 5.96 Å². The van der Waals surface area contributed by atoms with Gasteiger partial charge in [-0.2, -0.15) is 11.8 Å². The smallest absolute Gasteiger partial charge is 0.241 e. The fraction of sp³-hybridized carbons (Fsp3) is 0.818. The number of amides is 1. The van der Waals surface area contributed by atoms with Gasteiger partial charge in [-0.05, 0) is 19.6 Å². The zero-order chi connectivity index (χ0) is 12.9. The molecule has 0 aromatic carbocycles. The van der Waals surface area contributed by atoms with E-state index in [0.29, 0.717) is 12.5 Å². The second-order valence-corrected chi connectivity index (χ2v) is 4.45. The number of hydrogen-bond acceptors (Lipinski definition) is 3. The third-order valence-electron chi connectivity index (χ3n) is 1.90. The molecule has 0 aliphatic rings. The van der Waals surface area contributed by atoms with Crippen molar-refractivity contribution in [1.82, 2.24) is 16.0 Å². The average Bonchev–Trinajstić information content (AvgIpc) is 2.33. The third-order valence-corrected chi connectivity index (χ3v) is 2.51. The first-order valence-corrected chi connectivity index (χ1v) is 7.41. The first kappa shape index (κ1) is 20.1. The van der Waals surface area contributed by atoms with Gasteiger partial charge >= 0.3 is 0 Å². The topological polar surface area (TPSA) is 65.5 Å². The maximum absolute atomic E-state index is 11.4. The lowest BCUT2D eigenvalue weighted by molar-refractivity contribution is -0.119. The van der Waals surface area contributed by atoms with Crippen LogP contribution in [0, 0.1) is 0 Å². The number of nitrogens with one attached hydrogen (secondary N) is 3. The molecule has 0 atom stereocenters. The Balaban J connectivity index is 0. The molecule has 0 aromatic rings. The highest BCUT2D eigenvalue weighted by Crippen LogP contribution is 1.87. The van der Waals surface area contributed by atoms with Gasteiger partial charge in [-0.15, -0.1) is 24.0 Å². The SMILES string of the molecule is CCCNC(=O)CN=C(NCC)NCCSC.I. The van der Waals surface area contributed by atoms with E-state index in [9.17, 15) is 4.79 Å². The summed E-state index contributed by atoms with van der Waals surface area (Å²) in [6.07, 6.45) is 3.01. The number of thioether (sulfide) groups is 1. The van der Waals surface area contributed by atoms with Gasteiger partial charge in [-0.1, -0.05) is 6.92 Å². The van der Waals surface area contributed by atoms with Crippen LogP contribution < -0.4 is 16.0 Å². The Bertz CT molecular complexity index is 239. The van der Waals surface area contributed by atoms with Crippen LogP contribution in [0.2, 0.25) is 0 Å². The highest BCUT2D eigenvalue weighted by molar-refractivity contribution is 14.0. The van der Waals surface area contributed by atoms with Crippen LogP contribution in [0.4, 0.5) is 0 Å². The number of rotatable bonds is 8. The van der Waals surface area contributed by atoms with Crippen LogP contribution in [0.1, 0.15) is 20.3 Å². The molecule has 0 saturated carbocycles. The highest BCUT2D eigenvalue weighted by Gasteiger charge is 2.00. The molecule has 7 heteroatoms. The van der Waals surface area contributed by atoms with Crippen molar-refractivity contribution in [2.24, 2.45) is 4.99 Å². The normalized spacial score (nSPS) is 10.5. The zero-order valence-corrected chi connectivity index (χ0v) is 14.6. The Labute approximate surface area is 131 Å². The van der Waals surface area contributed by atoms with E-state index >= 15 is 0 Å². The molecule has 0 aliphatic carbocycles. The molecule has 18 heavy (non-hydrogen) atoms. The second-order valence-electron chi connectivity index (χ2n) is 3.46. The Kier molecular flexibility index (Phi) is 16.7. The van der Waals surface area contributed by atoms with Gasteiger partial charge in [-0.3, -0.25) is 4.79 Å². The minimum absolute atomic E-state index is 0. The summed E-state index contributed by atoms with van der Waals surface area (Å²) in [7, 11) is 0. The summed E-state index contributed by atoms with van der Waals surface area (Å²) in [5.41, 5.74) is 0. The predicted octanol–water partition coefficient (Wildman–Crippen LogP) is 1.05. The maximum atomic E-state index is 11.4. The van der Waals surface area contributed by atoms with Crippen molar-refractivity contribution in [1.29, 1.82) is 0 Å². The summed E-state index contributed by atoms with van der Waals surface area (Å²) in [5.74, 6) is 1.69. The van der Waals surface area contributed by atoms with Crippen LogP contribution in [-0.4, -0.2) is 50.1 Å². The van der Waals surface area contributed by atoms with E-state index < -0.39 is 0 Å². The largest absolute Gasteiger partial charge is 0.357 e. The van der Waals surface area contributed by atoms with Crippen LogP contribution in [0.5, 0.6) is 0 Å². The molecular formula is C11H25IN4OS. The van der Waals surface area contributed by atoms with Gasteiger partial charge < -0.3 is 16.0 Å². The molecule has 0 saturated heterocycles. The van der Waals surface area contributed by atoms with Gasteiger partial charge in [0.2, 0.25) is 5.91 Å². The van der Waals surface area contributed by atoms with E-state index in [1.807, 2.05) is 13.8 Å². The number of aliphatic imine (C=N–C) groups is 1. The van der Waals surface area contributed by atoms with Crippen molar-refractivity contribution in [2.75, 3.05) is 38.2 Å². The molecule has 0 fully saturated rings. The van der Waals surface area contributed by atoms with Crippen molar-refractivity contribution in [3.8, 4) is 0 Å². The van der Waals surface area contributed by atoms with Crippen LogP contribution in [0.15, 0.2) is 4.99 Å². The van der Waals surface area contributed by atoms with Crippen LogP contribution in [-0.2, 0) is 4.79 Å². The second kappa shape index (κ2) is 14.9. The Morgan fingerprint density at radius 1 is 1.17 bits per heavy atom. The quantitative estimate of drug-likeness (QED) is 0.252. The monoisotopic (exact) mass is 388 g/mol. The summed E-state index contributed by atoms with van der Waals surface area (Å²) in [5, 5.41) is 9.07. The number of halogens is 1. The number of nitrogens with zero attached hydrogens (tertiary/aromatic N) is 1. The minimum Gasteiger partial charge on any atom is -0.357 e. The maximum Gasteiger partial charge on any atom is 0.241 e. The van der Waals surface area contributed by atoms with E-state index in [2.05, 4.69) is 27.2 Å². The standard InChI is InChI=1S/C11H24N4OS.HI/c1-4-6-13-10(16)9-15-11(12-5-2)14-7-8-17-3;/h4-9H2,1-3H3,(H,13,16)(H2,12,14,15);1H. The van der Waals surface area contributed by atoms with Gasteiger partial charge in [0.1, 0.15) is 6.54 Å². The zero-order valence-electron chi connectivity index (χ0n) is 11.4. The summed E-state index contributed by atoms with van der Waals surface area (Å²) in [6.45, 7) is 6.56. The van der Waals surface area contributed by atoms with Gasteiger partial charge in [0.25, 0.3) is 0 Å². The molecule has 108 valence electrons. The Morgan fingerprint density at radius 3 is 2.44 bits per heavy atom. The van der Waals surface area contributed by atoms with Crippen molar-refractivity contribution < 1.29 is 4.79 Å². The number of hydrogen-bond donors (Lipinski definition) is 3. The number of carbonyl (C=O) groups is 1. The van der Waals surface area contributed by atoms with E-state index in [4.69, 9.17) is 0 Å². The molecule has 3 N–H and O–H groups in total. The first-order chi connectivity index (χ1) is 8.24. The fourth-order valence-corrected chi connectivity index (χ4v) is 1.39. The van der Waals surface area contributed by atoms with Crippen molar-refractivity contribution in [2.45, 2.75) is 20.3 Å². The molecule has 0 aromatic heterocycles. The van der Waals surface area contributed by atoms with E-state index in [1.165, 1.54) is 0 Å². The van der Waals surface area contributed by atoms with Crippen LogP contribution in [0.25, 0.3) is 0 Å². The minimum atomic E-state index is -0.0334. The fourth-order valence-electron chi connectivity index (χ4n) is 1.08. The number of guanidine groups is 1. The predicted molar refractivity (Wildman–Crippen MR) is 91.1 cm³/mol. The molecule has 5 nitrogen and oxygen atoms in total. The van der Waals surface area contributed by atoms with Gasteiger partial charge in [0, 0.05) is 25.4 Å². The molecule has 0 spiro atoms. The van der Waals surface area contributed by atoms with Crippen molar-refractivity contribution in [3.63, 3.8) is 0 Å². The summed E-state index contributed by atoms with van der Waals surface area (Å²) < 4.78 is 0. The average molecular weight is 388 g/mol. The lowest BCUT2D eigenvalue weighted by atomic mass is 10.4. The lowest BCUT2D eigenvalue weighted by Gasteiger charge is -2.10. The Morgan fingerprint density at radius 2 is 1.89 bits per heavy atom. The first-order valence-electron chi connectivity index (χ1n) is 6.02.